The highest BCUT2D eigenvalue weighted by Gasteiger charge is 2.24. The molecule has 0 saturated carbocycles. The average Bonchev–Trinajstić information content (AvgIpc) is 3.33. The van der Waals surface area contributed by atoms with E-state index >= 15 is 0 Å². The second-order valence-electron chi connectivity index (χ2n) is 11.1. The van der Waals surface area contributed by atoms with Gasteiger partial charge in [0.15, 0.2) is 0 Å². The van der Waals surface area contributed by atoms with Gasteiger partial charge in [-0.25, -0.2) is 4.68 Å². The summed E-state index contributed by atoms with van der Waals surface area (Å²) in [6.07, 6.45) is 5.84. The van der Waals surface area contributed by atoms with Crippen LogP contribution in [0.2, 0.25) is 0 Å². The zero-order valence-corrected chi connectivity index (χ0v) is 24.4. The molecule has 0 unspecified atom stereocenters. The summed E-state index contributed by atoms with van der Waals surface area (Å²) in [6.45, 7) is 11.0. The molecule has 0 aliphatic carbocycles. The monoisotopic (exact) mass is 532 g/mol. The number of nitrogens with one attached hydrogen (secondary N) is 1. The second kappa shape index (κ2) is 14.1. The van der Waals surface area contributed by atoms with Crippen LogP contribution >= 0.6 is 0 Å². The van der Waals surface area contributed by atoms with Crippen LogP contribution in [-0.4, -0.2) is 53.3 Å². The molecule has 0 saturated heterocycles. The van der Waals surface area contributed by atoms with Gasteiger partial charge in [0.25, 0.3) is 5.91 Å². The number of methoxy groups -OCH3 is 1. The molecule has 39 heavy (non-hydrogen) atoms. The van der Waals surface area contributed by atoms with Crippen molar-refractivity contribution in [3.05, 3.63) is 77.0 Å². The Morgan fingerprint density at radius 1 is 1.03 bits per heavy atom. The van der Waals surface area contributed by atoms with E-state index in [4.69, 9.17) is 9.84 Å². The van der Waals surface area contributed by atoms with Crippen LogP contribution in [-0.2, 0) is 21.4 Å². The number of amides is 2. The smallest absolute Gasteiger partial charge is 0.254 e. The molecule has 1 heterocycles. The van der Waals surface area contributed by atoms with E-state index in [0.717, 1.165) is 29.8 Å². The summed E-state index contributed by atoms with van der Waals surface area (Å²) in [4.78, 5) is 28.2. The maximum absolute atomic E-state index is 13.4. The molecule has 0 aliphatic heterocycles. The molecule has 7 nitrogen and oxygen atoms in total. The Hall–Kier alpha value is -3.45. The maximum atomic E-state index is 13.4. The number of ether oxygens (including phenoxy) is 1. The van der Waals surface area contributed by atoms with Gasteiger partial charge in [0.1, 0.15) is 12.4 Å². The van der Waals surface area contributed by atoms with Crippen LogP contribution in [0.5, 0.6) is 0 Å². The van der Waals surface area contributed by atoms with Crippen LogP contribution in [0.4, 0.5) is 5.82 Å². The van der Waals surface area contributed by atoms with Gasteiger partial charge in [-0.15, -0.1) is 0 Å². The van der Waals surface area contributed by atoms with Gasteiger partial charge in [0.05, 0.1) is 18.0 Å². The summed E-state index contributed by atoms with van der Waals surface area (Å²) < 4.78 is 7.00. The molecule has 1 N–H and O–H groups in total. The minimum absolute atomic E-state index is 0.0925. The summed E-state index contributed by atoms with van der Waals surface area (Å²) >= 11 is 0. The summed E-state index contributed by atoms with van der Waals surface area (Å²) in [5.41, 5.74) is 4.39. The van der Waals surface area contributed by atoms with E-state index in [1.165, 1.54) is 29.7 Å². The van der Waals surface area contributed by atoms with Gasteiger partial charge >= 0.3 is 0 Å². The van der Waals surface area contributed by atoms with Gasteiger partial charge in [-0.3, -0.25) is 9.59 Å². The van der Waals surface area contributed by atoms with Crippen molar-refractivity contribution in [3.63, 3.8) is 0 Å². The van der Waals surface area contributed by atoms with Crippen molar-refractivity contribution in [3.8, 4) is 5.69 Å². The molecule has 7 heteroatoms. The summed E-state index contributed by atoms with van der Waals surface area (Å²) in [5.74, 6) is 0.0931. The first-order valence-electron chi connectivity index (χ1n) is 14.0. The van der Waals surface area contributed by atoms with Crippen molar-refractivity contribution in [2.24, 2.45) is 0 Å². The van der Waals surface area contributed by atoms with Crippen LogP contribution in [0, 0.1) is 6.92 Å². The van der Waals surface area contributed by atoms with Crippen LogP contribution in [0.15, 0.2) is 54.6 Å². The van der Waals surface area contributed by atoms with E-state index in [9.17, 15) is 9.59 Å². The Bertz CT molecular complexity index is 1220. The number of rotatable bonds is 13. The van der Waals surface area contributed by atoms with E-state index < -0.39 is 0 Å². The van der Waals surface area contributed by atoms with E-state index in [2.05, 4.69) is 33.0 Å². The first kappa shape index (κ1) is 30.1. The van der Waals surface area contributed by atoms with E-state index in [0.29, 0.717) is 24.5 Å². The van der Waals surface area contributed by atoms with Gasteiger partial charge in [-0.2, -0.15) is 5.10 Å². The highest BCUT2D eigenvalue weighted by Crippen LogP contribution is 2.27. The molecule has 3 rings (SSSR count). The minimum atomic E-state index is -0.290. The van der Waals surface area contributed by atoms with Crippen molar-refractivity contribution >= 4 is 17.6 Å². The number of carbonyl (C=O) groups excluding carboxylic acids is 2. The zero-order chi connectivity index (χ0) is 28.4. The molecule has 0 radical (unpaired) electrons. The Kier molecular flexibility index (Phi) is 10.9. The fourth-order valence-electron chi connectivity index (χ4n) is 4.38. The fraction of sp³-hybridized carbons (Fsp3) is 0.469. The molecule has 1 aromatic heterocycles. The largest absolute Gasteiger partial charge is 0.383 e. The maximum Gasteiger partial charge on any atom is 0.254 e. The number of para-hydroxylation sites is 1. The Balaban J connectivity index is 1.77. The lowest BCUT2D eigenvalue weighted by Gasteiger charge is -2.22. The SMILES string of the molecule is CCCCCCc1ccc(C(=O)N(CCOC)CC(=O)Nc2cc(C(C)(C)C)nn2-c2ccccc2C)cc1. The Morgan fingerprint density at radius 3 is 2.38 bits per heavy atom. The summed E-state index contributed by atoms with van der Waals surface area (Å²) in [6, 6.07) is 17.6. The Labute approximate surface area is 233 Å². The lowest BCUT2D eigenvalue weighted by Crippen LogP contribution is -2.40. The van der Waals surface area contributed by atoms with Crippen molar-refractivity contribution in [2.75, 3.05) is 32.1 Å². The highest BCUT2D eigenvalue weighted by atomic mass is 16.5. The average molecular weight is 533 g/mol. The molecule has 3 aromatic rings. The number of carbonyl (C=O) groups is 2. The van der Waals surface area contributed by atoms with E-state index in [1.807, 2.05) is 61.5 Å². The molecular weight excluding hydrogens is 488 g/mol. The molecular formula is C32H44N4O3. The van der Waals surface area contributed by atoms with Crippen molar-refractivity contribution in [1.29, 1.82) is 0 Å². The number of nitrogens with zero attached hydrogens (tertiary/aromatic N) is 3. The number of hydrogen-bond acceptors (Lipinski definition) is 4. The molecule has 0 fully saturated rings. The topological polar surface area (TPSA) is 76.5 Å². The molecule has 0 bridgehead atoms. The van der Waals surface area contributed by atoms with Gasteiger partial charge in [0, 0.05) is 30.7 Å². The van der Waals surface area contributed by atoms with Crippen molar-refractivity contribution in [1.82, 2.24) is 14.7 Å². The first-order chi connectivity index (χ1) is 18.6. The zero-order valence-electron chi connectivity index (χ0n) is 24.4. The number of aryl methyl sites for hydroxylation is 2. The summed E-state index contributed by atoms with van der Waals surface area (Å²) in [7, 11) is 1.59. The fourth-order valence-corrected chi connectivity index (χ4v) is 4.38. The number of benzene rings is 2. The lowest BCUT2D eigenvalue weighted by molar-refractivity contribution is -0.117. The van der Waals surface area contributed by atoms with E-state index in [1.54, 1.807) is 11.8 Å². The number of hydrogen-bond donors (Lipinski definition) is 1. The minimum Gasteiger partial charge on any atom is -0.383 e. The molecule has 0 atom stereocenters. The molecule has 210 valence electrons. The lowest BCUT2D eigenvalue weighted by atomic mass is 9.92. The number of unbranched alkanes of at least 4 members (excludes halogenated alkanes) is 3. The van der Waals surface area contributed by atoms with Gasteiger partial charge in [-0.1, -0.05) is 77.3 Å². The van der Waals surface area contributed by atoms with Gasteiger partial charge in [0.2, 0.25) is 5.91 Å². The van der Waals surface area contributed by atoms with Crippen LogP contribution in [0.25, 0.3) is 5.69 Å². The highest BCUT2D eigenvalue weighted by molar-refractivity contribution is 5.99. The summed E-state index contributed by atoms with van der Waals surface area (Å²) in [5, 5.41) is 7.83. The van der Waals surface area contributed by atoms with Crippen LogP contribution in [0.1, 0.15) is 80.6 Å². The quantitative estimate of drug-likeness (QED) is 0.261. The first-order valence-corrected chi connectivity index (χ1v) is 14.0. The van der Waals surface area contributed by atoms with E-state index in [-0.39, 0.29) is 23.8 Å². The van der Waals surface area contributed by atoms with Crippen LogP contribution < -0.4 is 5.32 Å². The van der Waals surface area contributed by atoms with Crippen molar-refractivity contribution < 1.29 is 14.3 Å². The van der Waals surface area contributed by atoms with Gasteiger partial charge < -0.3 is 15.0 Å². The standard InChI is InChI=1S/C32H44N4O3/c1-7-8-9-10-14-25-16-18-26(19-17-25)31(38)35(20-21-39-6)23-30(37)33-29-22-28(32(3,4)5)34-36(29)27-15-12-11-13-24(27)2/h11-13,15-19,22H,7-10,14,20-21,23H2,1-6H3,(H,33,37). The number of aromatic nitrogens is 2. The molecule has 2 aromatic carbocycles. The third-order valence-electron chi connectivity index (χ3n) is 6.80. The normalized spacial score (nSPS) is 11.4. The Morgan fingerprint density at radius 2 is 1.74 bits per heavy atom. The third kappa shape index (κ3) is 8.52. The molecule has 0 aliphatic rings. The molecule has 2 amide bonds. The van der Waals surface area contributed by atoms with Gasteiger partial charge in [-0.05, 0) is 49.1 Å². The molecule has 0 spiro atoms. The van der Waals surface area contributed by atoms with Crippen molar-refractivity contribution in [2.45, 2.75) is 72.1 Å². The second-order valence-corrected chi connectivity index (χ2v) is 11.1. The predicted octanol–water partition coefficient (Wildman–Crippen LogP) is 6.33. The predicted molar refractivity (Wildman–Crippen MR) is 158 cm³/mol. The third-order valence-corrected chi connectivity index (χ3v) is 6.80. The number of anilines is 1. The van der Waals surface area contributed by atoms with Crippen LogP contribution in [0.3, 0.4) is 0 Å².